The van der Waals surface area contributed by atoms with Gasteiger partial charge >= 0.3 is 0 Å². The van der Waals surface area contributed by atoms with E-state index in [0.29, 0.717) is 16.6 Å². The topological polar surface area (TPSA) is 29.1 Å². The highest BCUT2D eigenvalue weighted by atomic mass is 127. The third-order valence-corrected chi connectivity index (χ3v) is 4.44. The van der Waals surface area contributed by atoms with E-state index < -0.39 is 0 Å². The second-order valence-electron chi connectivity index (χ2n) is 4.08. The Hall–Kier alpha value is -0.290. The average Bonchev–Trinajstić information content (AvgIpc) is 2.74. The second kappa shape index (κ2) is 5.36. The molecule has 0 heterocycles. The van der Waals surface area contributed by atoms with Crippen LogP contribution in [0.15, 0.2) is 18.2 Å². The van der Waals surface area contributed by atoms with Crippen LogP contribution in [-0.2, 0) is 0 Å². The van der Waals surface area contributed by atoms with Gasteiger partial charge in [0.1, 0.15) is 0 Å². The molecule has 1 aromatic carbocycles. The predicted molar refractivity (Wildman–Crippen MR) is 73.9 cm³/mol. The maximum absolute atomic E-state index is 11.9. The van der Waals surface area contributed by atoms with Crippen molar-refractivity contribution < 1.29 is 4.79 Å². The molecule has 1 amide bonds. The minimum Gasteiger partial charge on any atom is -0.349 e. The molecule has 0 aliphatic heterocycles. The number of benzene rings is 1. The summed E-state index contributed by atoms with van der Waals surface area (Å²) in [7, 11) is 0. The quantitative estimate of drug-likeness (QED) is 0.812. The summed E-state index contributed by atoms with van der Waals surface area (Å²) in [4.78, 5) is 11.9. The second-order valence-corrected chi connectivity index (χ2v) is 5.65. The van der Waals surface area contributed by atoms with Crippen molar-refractivity contribution in [2.45, 2.75) is 31.7 Å². The van der Waals surface area contributed by atoms with Gasteiger partial charge in [-0.3, -0.25) is 4.79 Å². The van der Waals surface area contributed by atoms with Crippen LogP contribution in [0.5, 0.6) is 0 Å². The van der Waals surface area contributed by atoms with Crippen LogP contribution in [0, 0.1) is 3.57 Å². The number of amides is 1. The zero-order chi connectivity index (χ0) is 11.5. The van der Waals surface area contributed by atoms with Gasteiger partial charge in [0, 0.05) is 15.2 Å². The fraction of sp³-hybridized carbons (Fsp3) is 0.417. The first kappa shape index (κ1) is 12.2. The van der Waals surface area contributed by atoms with E-state index in [4.69, 9.17) is 11.6 Å². The van der Waals surface area contributed by atoms with Crippen molar-refractivity contribution >= 4 is 40.1 Å². The molecule has 1 aliphatic carbocycles. The molecule has 86 valence electrons. The number of halogens is 2. The number of hydrogen-bond donors (Lipinski definition) is 1. The Morgan fingerprint density at radius 1 is 1.38 bits per heavy atom. The van der Waals surface area contributed by atoms with E-state index in [1.165, 1.54) is 12.8 Å². The molecular weight excluding hydrogens is 336 g/mol. The number of rotatable bonds is 2. The van der Waals surface area contributed by atoms with Crippen molar-refractivity contribution in [3.05, 3.63) is 32.4 Å². The molecule has 1 N–H and O–H groups in total. The van der Waals surface area contributed by atoms with Crippen molar-refractivity contribution in [3.63, 3.8) is 0 Å². The summed E-state index contributed by atoms with van der Waals surface area (Å²) < 4.78 is 0.969. The van der Waals surface area contributed by atoms with E-state index >= 15 is 0 Å². The lowest BCUT2D eigenvalue weighted by Gasteiger charge is -2.12. The normalized spacial score (nSPS) is 16.4. The summed E-state index contributed by atoms with van der Waals surface area (Å²) in [5.74, 6) is -0.00907. The summed E-state index contributed by atoms with van der Waals surface area (Å²) in [6.07, 6.45) is 4.64. The average molecular weight is 350 g/mol. The van der Waals surface area contributed by atoms with Gasteiger partial charge in [-0.25, -0.2) is 0 Å². The van der Waals surface area contributed by atoms with E-state index in [0.717, 1.165) is 16.4 Å². The lowest BCUT2D eigenvalue weighted by atomic mass is 10.2. The van der Waals surface area contributed by atoms with Gasteiger partial charge in [0.15, 0.2) is 0 Å². The van der Waals surface area contributed by atoms with E-state index in [-0.39, 0.29) is 5.91 Å². The molecule has 0 spiro atoms. The molecule has 0 unspecified atom stereocenters. The van der Waals surface area contributed by atoms with Gasteiger partial charge in [-0.1, -0.05) is 24.4 Å². The Morgan fingerprint density at radius 2 is 2.06 bits per heavy atom. The van der Waals surface area contributed by atoms with Crippen molar-refractivity contribution in [1.29, 1.82) is 0 Å². The zero-order valence-electron chi connectivity index (χ0n) is 8.80. The number of carbonyl (C=O) groups excluding carboxylic acids is 1. The van der Waals surface area contributed by atoms with Gasteiger partial charge in [-0.2, -0.15) is 0 Å². The molecule has 1 aliphatic rings. The first-order valence-electron chi connectivity index (χ1n) is 5.43. The van der Waals surface area contributed by atoms with E-state index in [9.17, 15) is 4.79 Å². The largest absolute Gasteiger partial charge is 0.349 e. The third kappa shape index (κ3) is 2.88. The van der Waals surface area contributed by atoms with Crippen molar-refractivity contribution in [2.75, 3.05) is 0 Å². The first-order chi connectivity index (χ1) is 7.66. The molecule has 0 bridgehead atoms. The smallest absolute Gasteiger partial charge is 0.251 e. The summed E-state index contributed by atoms with van der Waals surface area (Å²) in [5, 5.41) is 3.68. The van der Waals surface area contributed by atoms with Gasteiger partial charge in [-0.15, -0.1) is 0 Å². The van der Waals surface area contributed by atoms with Crippen LogP contribution in [-0.4, -0.2) is 11.9 Å². The zero-order valence-corrected chi connectivity index (χ0v) is 11.7. The Balaban J connectivity index is 2.05. The predicted octanol–water partition coefficient (Wildman–Crippen LogP) is 3.62. The summed E-state index contributed by atoms with van der Waals surface area (Å²) in [5.41, 5.74) is 0.650. The molecule has 2 rings (SSSR count). The Kier molecular flexibility index (Phi) is 4.08. The van der Waals surface area contributed by atoms with Crippen LogP contribution in [0.2, 0.25) is 5.02 Å². The van der Waals surface area contributed by atoms with Crippen LogP contribution in [0.3, 0.4) is 0 Å². The van der Waals surface area contributed by atoms with Crippen molar-refractivity contribution in [1.82, 2.24) is 5.32 Å². The Bertz CT molecular complexity index is 402. The summed E-state index contributed by atoms with van der Waals surface area (Å²) in [6, 6.07) is 5.77. The lowest BCUT2D eigenvalue weighted by Crippen LogP contribution is -2.32. The fourth-order valence-corrected chi connectivity index (χ4v) is 2.49. The summed E-state index contributed by atoms with van der Waals surface area (Å²) >= 11 is 8.14. The number of nitrogens with one attached hydrogen (secondary N) is 1. The highest BCUT2D eigenvalue weighted by Gasteiger charge is 2.18. The third-order valence-electron chi connectivity index (χ3n) is 2.87. The Labute approximate surface area is 114 Å². The standard InChI is InChI=1S/C12H13ClINO/c13-10-7-8(5-6-11(10)14)12(16)15-9-3-1-2-4-9/h5-7,9H,1-4H2,(H,15,16). The van der Waals surface area contributed by atoms with Crippen LogP contribution >= 0.6 is 34.2 Å². The van der Waals surface area contributed by atoms with Crippen LogP contribution in [0.25, 0.3) is 0 Å². The maximum Gasteiger partial charge on any atom is 0.251 e. The van der Waals surface area contributed by atoms with Gasteiger partial charge < -0.3 is 5.32 Å². The lowest BCUT2D eigenvalue weighted by molar-refractivity contribution is 0.0938. The highest BCUT2D eigenvalue weighted by molar-refractivity contribution is 14.1. The molecule has 1 fully saturated rings. The molecule has 0 saturated heterocycles. The molecule has 0 aromatic heterocycles. The van der Waals surface area contributed by atoms with E-state index in [1.807, 2.05) is 12.1 Å². The summed E-state index contributed by atoms with van der Waals surface area (Å²) in [6.45, 7) is 0. The fourth-order valence-electron chi connectivity index (χ4n) is 1.98. The van der Waals surface area contributed by atoms with E-state index in [2.05, 4.69) is 27.9 Å². The van der Waals surface area contributed by atoms with Crippen LogP contribution in [0.1, 0.15) is 36.0 Å². The minimum atomic E-state index is -0.00907. The monoisotopic (exact) mass is 349 g/mol. The molecule has 0 radical (unpaired) electrons. The number of hydrogen-bond acceptors (Lipinski definition) is 1. The minimum absolute atomic E-state index is 0.00907. The molecule has 4 heteroatoms. The molecule has 16 heavy (non-hydrogen) atoms. The molecule has 0 atom stereocenters. The highest BCUT2D eigenvalue weighted by Crippen LogP contribution is 2.21. The molecule has 2 nitrogen and oxygen atoms in total. The van der Waals surface area contributed by atoms with Gasteiger partial charge in [0.05, 0.1) is 5.02 Å². The Morgan fingerprint density at radius 3 is 2.69 bits per heavy atom. The van der Waals surface area contributed by atoms with Gasteiger partial charge in [-0.05, 0) is 53.6 Å². The number of carbonyl (C=O) groups is 1. The maximum atomic E-state index is 11.9. The van der Waals surface area contributed by atoms with Crippen molar-refractivity contribution in [2.24, 2.45) is 0 Å². The molecule has 1 aromatic rings. The molecule has 1 saturated carbocycles. The van der Waals surface area contributed by atoms with Crippen LogP contribution < -0.4 is 5.32 Å². The SMILES string of the molecule is O=C(NC1CCCC1)c1ccc(I)c(Cl)c1. The molecular formula is C12H13ClINO. The van der Waals surface area contributed by atoms with Gasteiger partial charge in [0.25, 0.3) is 5.91 Å². The van der Waals surface area contributed by atoms with Gasteiger partial charge in [0.2, 0.25) is 0 Å². The van der Waals surface area contributed by atoms with Crippen LogP contribution in [0.4, 0.5) is 0 Å². The first-order valence-corrected chi connectivity index (χ1v) is 6.88. The van der Waals surface area contributed by atoms with E-state index in [1.54, 1.807) is 6.07 Å². The van der Waals surface area contributed by atoms with Crippen molar-refractivity contribution in [3.8, 4) is 0 Å².